The van der Waals surface area contributed by atoms with Gasteiger partial charge in [0.05, 0.1) is 0 Å². The average Bonchev–Trinajstić information content (AvgIpc) is 2.94. The molecule has 0 bridgehead atoms. The molecule has 1 aromatic heterocycles. The van der Waals surface area contributed by atoms with Gasteiger partial charge in [-0.2, -0.15) is 0 Å². The van der Waals surface area contributed by atoms with E-state index in [1.165, 1.54) is 30.4 Å². The molecule has 0 radical (unpaired) electrons. The molecule has 106 valence electrons. The average molecular weight is 305 g/mol. The van der Waals surface area contributed by atoms with E-state index in [1.807, 2.05) is 23.5 Å². The third-order valence-electron chi connectivity index (χ3n) is 3.86. The van der Waals surface area contributed by atoms with E-state index in [0.29, 0.717) is 6.04 Å². The van der Waals surface area contributed by atoms with Gasteiger partial charge in [-0.15, -0.1) is 11.3 Å². The second-order valence-corrected chi connectivity index (χ2v) is 7.60. The molecule has 1 aromatic carbocycles. The Kier molecular flexibility index (Phi) is 4.34. The Labute approximate surface area is 126 Å². The summed E-state index contributed by atoms with van der Waals surface area (Å²) in [6, 6.07) is 10.8. The van der Waals surface area contributed by atoms with Gasteiger partial charge in [-0.1, -0.05) is 12.1 Å². The van der Waals surface area contributed by atoms with Crippen LogP contribution in [-0.2, 0) is 23.8 Å². The van der Waals surface area contributed by atoms with Crippen LogP contribution in [0.2, 0.25) is 0 Å². The number of benzene rings is 1. The Balaban J connectivity index is 1.64. The van der Waals surface area contributed by atoms with Crippen LogP contribution >= 0.6 is 11.3 Å². The van der Waals surface area contributed by atoms with Gasteiger partial charge in [-0.3, -0.25) is 4.21 Å². The number of hydrogen-bond acceptors (Lipinski definition) is 3. The van der Waals surface area contributed by atoms with Crippen molar-refractivity contribution < 1.29 is 4.21 Å². The monoisotopic (exact) mass is 305 g/mol. The van der Waals surface area contributed by atoms with Gasteiger partial charge in [-0.05, 0) is 54.0 Å². The van der Waals surface area contributed by atoms with E-state index in [2.05, 4.69) is 28.9 Å². The summed E-state index contributed by atoms with van der Waals surface area (Å²) in [5, 5.41) is 5.86. The van der Waals surface area contributed by atoms with Crippen molar-refractivity contribution in [3.8, 4) is 0 Å². The lowest BCUT2D eigenvalue weighted by molar-refractivity contribution is 0.463. The van der Waals surface area contributed by atoms with E-state index < -0.39 is 10.8 Å². The topological polar surface area (TPSA) is 29.1 Å². The zero-order valence-corrected chi connectivity index (χ0v) is 13.2. The maximum atomic E-state index is 11.4. The molecule has 1 aliphatic rings. The zero-order chi connectivity index (χ0) is 13.9. The smallest absolute Gasteiger partial charge is 0.0498 e. The number of thiophene rings is 1. The standard InChI is InChI=1S/C16H19NOS2/c1-20(18)13-7-5-12(6-8-13)11-17-15-3-2-4-16-14(15)9-10-19-16/h5-10,15,17H,2-4,11H2,1H3/t15-,20-/m0/s1. The van der Waals surface area contributed by atoms with Gasteiger partial charge in [-0.25, -0.2) is 0 Å². The lowest BCUT2D eigenvalue weighted by Crippen LogP contribution is -2.23. The maximum absolute atomic E-state index is 11.4. The molecule has 2 aromatic rings. The quantitative estimate of drug-likeness (QED) is 0.934. The molecule has 2 atom stereocenters. The number of fused-ring (bicyclic) bond motifs is 1. The summed E-state index contributed by atoms with van der Waals surface area (Å²) in [6.07, 6.45) is 5.45. The highest BCUT2D eigenvalue weighted by molar-refractivity contribution is 7.84. The van der Waals surface area contributed by atoms with E-state index in [4.69, 9.17) is 0 Å². The molecule has 1 heterocycles. The van der Waals surface area contributed by atoms with Crippen molar-refractivity contribution in [1.29, 1.82) is 0 Å². The summed E-state index contributed by atoms with van der Waals surface area (Å²) >= 11 is 1.88. The van der Waals surface area contributed by atoms with Gasteiger partial charge in [0.25, 0.3) is 0 Å². The van der Waals surface area contributed by atoms with Crippen molar-refractivity contribution >= 4 is 22.1 Å². The number of rotatable bonds is 4. The van der Waals surface area contributed by atoms with Gasteiger partial charge in [0.15, 0.2) is 0 Å². The van der Waals surface area contributed by atoms with E-state index in [-0.39, 0.29) is 0 Å². The molecule has 0 amide bonds. The molecule has 1 aliphatic carbocycles. The third-order valence-corrected chi connectivity index (χ3v) is 5.79. The Bertz CT molecular complexity index is 603. The first-order chi connectivity index (χ1) is 9.74. The minimum absolute atomic E-state index is 0.491. The van der Waals surface area contributed by atoms with Crippen LogP contribution in [0.3, 0.4) is 0 Å². The summed E-state index contributed by atoms with van der Waals surface area (Å²) in [4.78, 5) is 2.44. The number of nitrogens with one attached hydrogen (secondary N) is 1. The molecule has 0 spiro atoms. The molecular weight excluding hydrogens is 286 g/mol. The van der Waals surface area contributed by atoms with Crippen LogP contribution in [0.4, 0.5) is 0 Å². The van der Waals surface area contributed by atoms with Crippen molar-refractivity contribution in [2.24, 2.45) is 0 Å². The van der Waals surface area contributed by atoms with Crippen LogP contribution in [0.1, 0.15) is 34.9 Å². The molecule has 0 unspecified atom stereocenters. The Morgan fingerprint density at radius 2 is 2.10 bits per heavy atom. The Morgan fingerprint density at radius 3 is 2.85 bits per heavy atom. The predicted octanol–water partition coefficient (Wildman–Crippen LogP) is 3.65. The highest BCUT2D eigenvalue weighted by atomic mass is 32.2. The van der Waals surface area contributed by atoms with E-state index >= 15 is 0 Å². The first-order valence-corrected chi connectivity index (χ1v) is 9.40. The fourth-order valence-electron chi connectivity index (χ4n) is 2.74. The van der Waals surface area contributed by atoms with Crippen molar-refractivity contribution in [2.75, 3.05) is 6.26 Å². The second kappa shape index (κ2) is 6.20. The normalized spacial score (nSPS) is 19.6. The van der Waals surface area contributed by atoms with Gasteiger partial charge >= 0.3 is 0 Å². The maximum Gasteiger partial charge on any atom is 0.0498 e. The van der Waals surface area contributed by atoms with Gasteiger partial charge in [0, 0.05) is 39.4 Å². The molecule has 4 heteroatoms. The molecule has 1 N–H and O–H groups in total. The minimum Gasteiger partial charge on any atom is -0.306 e. The summed E-state index contributed by atoms with van der Waals surface area (Å²) < 4.78 is 11.4. The van der Waals surface area contributed by atoms with Crippen LogP contribution in [0.25, 0.3) is 0 Å². The molecule has 2 nitrogen and oxygen atoms in total. The first-order valence-electron chi connectivity index (χ1n) is 6.96. The lowest BCUT2D eigenvalue weighted by atomic mass is 9.94. The summed E-state index contributed by atoms with van der Waals surface area (Å²) in [5.74, 6) is 0. The van der Waals surface area contributed by atoms with Crippen molar-refractivity contribution in [3.05, 3.63) is 51.7 Å². The van der Waals surface area contributed by atoms with Crippen LogP contribution < -0.4 is 5.32 Å². The highest BCUT2D eigenvalue weighted by Gasteiger charge is 2.20. The number of hydrogen-bond donors (Lipinski definition) is 1. The predicted molar refractivity (Wildman–Crippen MR) is 85.6 cm³/mol. The van der Waals surface area contributed by atoms with Crippen LogP contribution in [-0.4, -0.2) is 10.5 Å². The molecule has 3 rings (SSSR count). The molecular formula is C16H19NOS2. The van der Waals surface area contributed by atoms with Crippen LogP contribution in [0.5, 0.6) is 0 Å². The summed E-state index contributed by atoms with van der Waals surface area (Å²) in [5.41, 5.74) is 2.74. The number of aryl methyl sites for hydroxylation is 1. The SMILES string of the molecule is C[S@](=O)c1ccc(CN[C@H]2CCCc3sccc32)cc1. The van der Waals surface area contributed by atoms with Gasteiger partial charge in [0.1, 0.15) is 0 Å². The van der Waals surface area contributed by atoms with Crippen molar-refractivity contribution in [1.82, 2.24) is 5.32 Å². The largest absolute Gasteiger partial charge is 0.306 e. The van der Waals surface area contributed by atoms with Crippen LogP contribution in [0, 0.1) is 0 Å². The van der Waals surface area contributed by atoms with Crippen molar-refractivity contribution in [2.45, 2.75) is 36.7 Å². The van der Waals surface area contributed by atoms with Crippen molar-refractivity contribution in [3.63, 3.8) is 0 Å². The van der Waals surface area contributed by atoms with E-state index in [0.717, 1.165) is 11.4 Å². The Hall–Kier alpha value is -0.970. The highest BCUT2D eigenvalue weighted by Crippen LogP contribution is 2.33. The molecule has 0 aliphatic heterocycles. The third kappa shape index (κ3) is 3.03. The fourth-order valence-corrected chi connectivity index (χ4v) is 4.25. The van der Waals surface area contributed by atoms with E-state index in [9.17, 15) is 4.21 Å². The Morgan fingerprint density at radius 1 is 1.30 bits per heavy atom. The lowest BCUT2D eigenvalue weighted by Gasteiger charge is -2.23. The minimum atomic E-state index is -0.889. The second-order valence-electron chi connectivity index (χ2n) is 5.22. The molecule has 0 saturated heterocycles. The van der Waals surface area contributed by atoms with Gasteiger partial charge < -0.3 is 5.32 Å². The van der Waals surface area contributed by atoms with Gasteiger partial charge in [0.2, 0.25) is 0 Å². The fraction of sp³-hybridized carbons (Fsp3) is 0.375. The molecule has 20 heavy (non-hydrogen) atoms. The molecule has 0 saturated carbocycles. The van der Waals surface area contributed by atoms with Crippen LogP contribution in [0.15, 0.2) is 40.6 Å². The first kappa shape index (κ1) is 14.0. The molecule has 0 fully saturated rings. The summed E-state index contributed by atoms with van der Waals surface area (Å²) in [6.45, 7) is 0.872. The summed E-state index contributed by atoms with van der Waals surface area (Å²) in [7, 11) is -0.889. The van der Waals surface area contributed by atoms with E-state index in [1.54, 1.807) is 11.1 Å². The zero-order valence-electron chi connectivity index (χ0n) is 11.6.